The Kier molecular flexibility index (Phi) is 4.15. The highest BCUT2D eigenvalue weighted by Crippen LogP contribution is 2.59. The number of nitrogens with zero attached hydrogens (tertiary/aromatic N) is 1. The molecular weight excluding hydrogens is 350 g/mol. The van der Waals surface area contributed by atoms with Crippen molar-refractivity contribution in [3.05, 3.63) is 57.8 Å². The van der Waals surface area contributed by atoms with Gasteiger partial charge in [-0.15, -0.1) is 11.3 Å². The van der Waals surface area contributed by atoms with Gasteiger partial charge < -0.3 is 10.0 Å². The van der Waals surface area contributed by atoms with Crippen LogP contribution in [0.5, 0.6) is 0 Å². The van der Waals surface area contributed by atoms with Crippen LogP contribution in [0, 0.1) is 11.3 Å². The number of ketones is 1. The van der Waals surface area contributed by atoms with E-state index in [1.807, 2.05) is 11.4 Å². The van der Waals surface area contributed by atoms with Gasteiger partial charge in [0.25, 0.3) is 5.91 Å². The number of rotatable bonds is 4. The maximum absolute atomic E-state index is 13.0. The summed E-state index contributed by atoms with van der Waals surface area (Å²) in [5.41, 5.74) is 0.733. The first-order chi connectivity index (χ1) is 12.5. The number of thiophene rings is 1. The lowest BCUT2D eigenvalue weighted by Gasteiger charge is -2.33. The molecule has 6 heteroatoms. The zero-order valence-corrected chi connectivity index (χ0v) is 15.0. The summed E-state index contributed by atoms with van der Waals surface area (Å²) in [6.45, 7) is 1.09. The van der Waals surface area contributed by atoms with Gasteiger partial charge in [-0.25, -0.2) is 0 Å². The van der Waals surface area contributed by atoms with E-state index >= 15 is 0 Å². The van der Waals surface area contributed by atoms with E-state index in [1.54, 1.807) is 35.2 Å². The van der Waals surface area contributed by atoms with E-state index in [9.17, 15) is 19.5 Å². The summed E-state index contributed by atoms with van der Waals surface area (Å²) in [7, 11) is 0. The SMILES string of the molecule is O=C(c1cccs1)c1ccccc1C(=O)N1CCC2(CC1)CC2C(=O)O. The molecule has 1 atom stereocenters. The average Bonchev–Trinajstić information content (AvgIpc) is 3.10. The minimum Gasteiger partial charge on any atom is -0.481 e. The molecule has 4 rings (SSSR count). The van der Waals surface area contributed by atoms with E-state index in [2.05, 4.69) is 0 Å². The van der Waals surface area contributed by atoms with Crippen molar-refractivity contribution in [3.63, 3.8) is 0 Å². The second-order valence-electron chi connectivity index (χ2n) is 7.10. The summed E-state index contributed by atoms with van der Waals surface area (Å²) < 4.78 is 0. The molecule has 1 unspecified atom stereocenters. The Morgan fingerprint density at radius 2 is 1.73 bits per heavy atom. The molecule has 1 N–H and O–H groups in total. The quantitative estimate of drug-likeness (QED) is 0.839. The number of hydrogen-bond acceptors (Lipinski definition) is 4. The number of carbonyl (C=O) groups excluding carboxylic acids is 2. The summed E-state index contributed by atoms with van der Waals surface area (Å²) >= 11 is 1.36. The number of carboxylic acids is 1. The van der Waals surface area contributed by atoms with Gasteiger partial charge in [-0.3, -0.25) is 14.4 Å². The summed E-state index contributed by atoms with van der Waals surface area (Å²) in [5.74, 6) is -1.26. The molecule has 2 aliphatic rings. The van der Waals surface area contributed by atoms with Gasteiger partial charge in [-0.1, -0.05) is 24.3 Å². The Morgan fingerprint density at radius 3 is 2.31 bits per heavy atom. The smallest absolute Gasteiger partial charge is 0.307 e. The fraction of sp³-hybridized carbons (Fsp3) is 0.350. The normalized spacial score (nSPS) is 20.8. The van der Waals surface area contributed by atoms with Gasteiger partial charge in [0, 0.05) is 18.7 Å². The molecule has 1 aliphatic carbocycles. The minimum atomic E-state index is -0.725. The van der Waals surface area contributed by atoms with Gasteiger partial charge in [-0.2, -0.15) is 0 Å². The van der Waals surface area contributed by atoms with Gasteiger partial charge in [-0.05, 0) is 42.2 Å². The molecule has 1 saturated heterocycles. The second kappa shape index (κ2) is 6.36. The van der Waals surface area contributed by atoms with Crippen LogP contribution in [0.3, 0.4) is 0 Å². The van der Waals surface area contributed by atoms with E-state index in [-0.39, 0.29) is 23.0 Å². The van der Waals surface area contributed by atoms with Gasteiger partial charge in [0.1, 0.15) is 0 Å². The van der Waals surface area contributed by atoms with Crippen LogP contribution < -0.4 is 0 Å². The molecule has 1 spiro atoms. The number of amides is 1. The average molecular weight is 369 g/mol. The van der Waals surface area contributed by atoms with E-state index in [0.29, 0.717) is 29.1 Å². The lowest BCUT2D eigenvalue weighted by Crippen LogP contribution is -2.40. The van der Waals surface area contributed by atoms with E-state index in [4.69, 9.17) is 0 Å². The number of hydrogen-bond donors (Lipinski definition) is 1. The van der Waals surface area contributed by atoms with Crippen LogP contribution in [0.1, 0.15) is 44.9 Å². The molecule has 26 heavy (non-hydrogen) atoms. The molecule has 0 radical (unpaired) electrons. The fourth-order valence-corrected chi connectivity index (χ4v) is 4.66. The molecular formula is C20H19NO4S. The monoisotopic (exact) mass is 369 g/mol. The number of likely N-dealkylation sites (tertiary alicyclic amines) is 1. The third-order valence-electron chi connectivity index (χ3n) is 5.68. The highest BCUT2D eigenvalue weighted by molar-refractivity contribution is 7.12. The highest BCUT2D eigenvalue weighted by atomic mass is 32.1. The molecule has 2 fully saturated rings. The predicted molar refractivity (Wildman–Crippen MR) is 97.5 cm³/mol. The van der Waals surface area contributed by atoms with Crippen molar-refractivity contribution in [2.75, 3.05) is 13.1 Å². The molecule has 5 nitrogen and oxygen atoms in total. The Balaban J connectivity index is 1.51. The number of carboxylic acid groups (broad SMARTS) is 1. The third kappa shape index (κ3) is 2.84. The number of benzene rings is 1. The number of carbonyl (C=O) groups is 3. The van der Waals surface area contributed by atoms with Crippen LogP contribution >= 0.6 is 11.3 Å². The molecule has 1 aromatic carbocycles. The van der Waals surface area contributed by atoms with Crippen LogP contribution in [0.4, 0.5) is 0 Å². The maximum atomic E-state index is 13.0. The molecule has 1 amide bonds. The first-order valence-electron chi connectivity index (χ1n) is 8.71. The van der Waals surface area contributed by atoms with E-state index < -0.39 is 5.97 Å². The summed E-state index contributed by atoms with van der Waals surface area (Å²) in [6, 6.07) is 10.5. The zero-order valence-electron chi connectivity index (χ0n) is 14.2. The third-order valence-corrected chi connectivity index (χ3v) is 6.55. The number of piperidine rings is 1. The van der Waals surface area contributed by atoms with Crippen molar-refractivity contribution in [3.8, 4) is 0 Å². The largest absolute Gasteiger partial charge is 0.481 e. The van der Waals surface area contributed by atoms with Crippen LogP contribution in [-0.2, 0) is 4.79 Å². The topological polar surface area (TPSA) is 74.7 Å². The second-order valence-corrected chi connectivity index (χ2v) is 8.05. The Labute approximate surface area is 155 Å². The standard InChI is InChI=1S/C20H19NO4S/c22-17(16-6-3-11-26-16)13-4-1-2-5-14(13)18(23)21-9-7-20(8-10-21)12-15(20)19(24)25/h1-6,11,15H,7-10,12H2,(H,24,25). The summed E-state index contributed by atoms with van der Waals surface area (Å²) in [5, 5.41) is 11.0. The minimum absolute atomic E-state index is 0.116. The lowest BCUT2D eigenvalue weighted by atomic mass is 9.90. The lowest BCUT2D eigenvalue weighted by molar-refractivity contribution is -0.139. The molecule has 1 saturated carbocycles. The predicted octanol–water partition coefficient (Wildman–Crippen LogP) is 3.31. The van der Waals surface area contributed by atoms with Gasteiger partial charge in [0.05, 0.1) is 16.4 Å². The van der Waals surface area contributed by atoms with Crippen LogP contribution in [0.15, 0.2) is 41.8 Å². The first kappa shape index (κ1) is 17.0. The van der Waals surface area contributed by atoms with Crippen LogP contribution in [0.25, 0.3) is 0 Å². The van der Waals surface area contributed by atoms with Crippen LogP contribution in [0.2, 0.25) is 0 Å². The highest BCUT2D eigenvalue weighted by Gasteiger charge is 2.59. The van der Waals surface area contributed by atoms with Gasteiger partial charge >= 0.3 is 5.97 Å². The van der Waals surface area contributed by atoms with E-state index in [1.165, 1.54) is 11.3 Å². The van der Waals surface area contributed by atoms with Crippen molar-refractivity contribution < 1.29 is 19.5 Å². The molecule has 0 bridgehead atoms. The molecule has 1 aromatic heterocycles. The molecule has 2 heterocycles. The Hall–Kier alpha value is -2.47. The van der Waals surface area contributed by atoms with Gasteiger partial charge in [0.2, 0.25) is 5.78 Å². The van der Waals surface area contributed by atoms with Gasteiger partial charge in [0.15, 0.2) is 0 Å². The van der Waals surface area contributed by atoms with Crippen molar-refractivity contribution >= 4 is 29.0 Å². The number of aliphatic carboxylic acids is 1. The fourth-order valence-electron chi connectivity index (χ4n) is 3.98. The van der Waals surface area contributed by atoms with Crippen molar-refractivity contribution in [2.45, 2.75) is 19.3 Å². The van der Waals surface area contributed by atoms with Crippen LogP contribution in [-0.4, -0.2) is 40.8 Å². The van der Waals surface area contributed by atoms with Crippen molar-refractivity contribution in [1.29, 1.82) is 0 Å². The first-order valence-corrected chi connectivity index (χ1v) is 9.59. The maximum Gasteiger partial charge on any atom is 0.307 e. The summed E-state index contributed by atoms with van der Waals surface area (Å²) in [6.07, 6.45) is 2.16. The van der Waals surface area contributed by atoms with Crippen molar-refractivity contribution in [1.82, 2.24) is 4.90 Å². The zero-order chi connectivity index (χ0) is 18.3. The molecule has 2 aromatic rings. The molecule has 1 aliphatic heterocycles. The van der Waals surface area contributed by atoms with Crippen molar-refractivity contribution in [2.24, 2.45) is 11.3 Å². The Morgan fingerprint density at radius 1 is 1.04 bits per heavy atom. The molecule has 134 valence electrons. The van der Waals surface area contributed by atoms with E-state index in [0.717, 1.165) is 19.3 Å². The Bertz CT molecular complexity index is 866. The summed E-state index contributed by atoms with van der Waals surface area (Å²) in [4.78, 5) is 39.3.